The van der Waals surface area contributed by atoms with Gasteiger partial charge in [-0.1, -0.05) is 5.22 Å². The molecule has 0 aliphatic heterocycles. The molecule has 1 aromatic heterocycles. The Hall–Kier alpha value is -2.04. The Morgan fingerprint density at radius 1 is 1.31 bits per heavy atom. The zero-order valence-corrected chi connectivity index (χ0v) is 6.75. The Kier molecular flexibility index (Phi) is 1.84. The van der Waals surface area contributed by atoms with Crippen LogP contribution in [0, 0.1) is 0 Å². The molecular weight excluding hydrogens is 166 g/mol. The number of hydrogen-bond acceptors (Lipinski definition) is 4. The highest BCUT2D eigenvalue weighted by Gasteiger charge is 1.95. The standard InChI is InChI=1S/C8H7N5/c9-13-12-7-1-2-8-6(3-7)4-10-5-11-8/h1-5H,(H2,9,12). The van der Waals surface area contributed by atoms with E-state index in [1.54, 1.807) is 12.3 Å². The van der Waals surface area contributed by atoms with E-state index in [2.05, 4.69) is 20.3 Å². The van der Waals surface area contributed by atoms with Crippen molar-refractivity contribution in [2.75, 3.05) is 0 Å². The molecule has 1 aromatic carbocycles. The molecule has 2 aromatic rings. The summed E-state index contributed by atoms with van der Waals surface area (Å²) in [6.07, 6.45) is 3.23. The second kappa shape index (κ2) is 3.14. The largest absolute Gasteiger partial charge is 0.305 e. The fourth-order valence-corrected chi connectivity index (χ4v) is 1.10. The molecule has 2 rings (SSSR count). The van der Waals surface area contributed by atoms with E-state index in [4.69, 9.17) is 5.84 Å². The number of aromatic nitrogens is 2. The average molecular weight is 173 g/mol. The van der Waals surface area contributed by atoms with Crippen LogP contribution in [0.3, 0.4) is 0 Å². The van der Waals surface area contributed by atoms with Crippen LogP contribution in [0.25, 0.3) is 10.9 Å². The third kappa shape index (κ3) is 1.44. The predicted molar refractivity (Wildman–Crippen MR) is 48.2 cm³/mol. The van der Waals surface area contributed by atoms with Gasteiger partial charge in [0.15, 0.2) is 0 Å². The summed E-state index contributed by atoms with van der Waals surface area (Å²) in [5.41, 5.74) is 1.58. The molecule has 0 radical (unpaired) electrons. The van der Waals surface area contributed by atoms with Crippen molar-refractivity contribution < 1.29 is 0 Å². The highest BCUT2D eigenvalue weighted by Crippen LogP contribution is 2.18. The van der Waals surface area contributed by atoms with E-state index in [-0.39, 0.29) is 0 Å². The fraction of sp³-hybridized carbons (Fsp3) is 0. The van der Waals surface area contributed by atoms with E-state index >= 15 is 0 Å². The molecule has 0 fully saturated rings. The molecule has 0 amide bonds. The van der Waals surface area contributed by atoms with Crippen LogP contribution in [0.4, 0.5) is 5.69 Å². The summed E-state index contributed by atoms with van der Waals surface area (Å²) in [6, 6.07) is 5.47. The maximum atomic E-state index is 4.93. The van der Waals surface area contributed by atoms with Gasteiger partial charge in [0.25, 0.3) is 0 Å². The minimum Gasteiger partial charge on any atom is -0.305 e. The fourth-order valence-electron chi connectivity index (χ4n) is 1.10. The van der Waals surface area contributed by atoms with Crippen LogP contribution in [0.2, 0.25) is 0 Å². The third-order valence-electron chi connectivity index (χ3n) is 1.66. The van der Waals surface area contributed by atoms with E-state index in [0.717, 1.165) is 10.9 Å². The van der Waals surface area contributed by atoms with Gasteiger partial charge in [-0.3, -0.25) is 0 Å². The van der Waals surface area contributed by atoms with E-state index < -0.39 is 0 Å². The Bertz CT molecular complexity index is 451. The van der Waals surface area contributed by atoms with Gasteiger partial charge in [-0.05, 0) is 18.2 Å². The topological polar surface area (TPSA) is 76.5 Å². The molecule has 0 saturated heterocycles. The molecule has 0 aliphatic rings. The molecule has 5 nitrogen and oxygen atoms in total. The van der Waals surface area contributed by atoms with Gasteiger partial charge in [0.05, 0.1) is 11.2 Å². The van der Waals surface area contributed by atoms with Gasteiger partial charge in [0, 0.05) is 11.6 Å². The van der Waals surface area contributed by atoms with Crippen molar-refractivity contribution >= 4 is 16.6 Å². The molecule has 0 bridgehead atoms. The molecule has 64 valence electrons. The van der Waals surface area contributed by atoms with Crippen LogP contribution < -0.4 is 5.84 Å². The van der Waals surface area contributed by atoms with Gasteiger partial charge in [-0.2, -0.15) is 0 Å². The number of fused-ring (bicyclic) bond motifs is 1. The van der Waals surface area contributed by atoms with E-state index in [0.29, 0.717) is 5.69 Å². The summed E-state index contributed by atoms with van der Waals surface area (Å²) in [7, 11) is 0. The predicted octanol–water partition coefficient (Wildman–Crippen LogP) is 1.59. The number of benzene rings is 1. The lowest BCUT2D eigenvalue weighted by Gasteiger charge is -1.95. The molecule has 0 unspecified atom stereocenters. The molecule has 0 saturated carbocycles. The first-order valence-corrected chi connectivity index (χ1v) is 3.71. The van der Waals surface area contributed by atoms with E-state index in [9.17, 15) is 0 Å². The van der Waals surface area contributed by atoms with Gasteiger partial charge in [-0.15, -0.1) is 5.11 Å². The average Bonchev–Trinajstić information content (AvgIpc) is 2.18. The highest BCUT2D eigenvalue weighted by atomic mass is 15.3. The monoisotopic (exact) mass is 173 g/mol. The zero-order valence-electron chi connectivity index (χ0n) is 6.75. The van der Waals surface area contributed by atoms with Crippen molar-refractivity contribution in [3.63, 3.8) is 0 Å². The highest BCUT2D eigenvalue weighted by molar-refractivity contribution is 5.80. The molecule has 5 heteroatoms. The number of nitrogens with two attached hydrogens (primary N) is 1. The van der Waals surface area contributed by atoms with Crippen molar-refractivity contribution in [2.24, 2.45) is 16.2 Å². The molecule has 13 heavy (non-hydrogen) atoms. The summed E-state index contributed by atoms with van der Waals surface area (Å²) < 4.78 is 0. The van der Waals surface area contributed by atoms with Crippen LogP contribution in [-0.2, 0) is 0 Å². The minimum atomic E-state index is 0.699. The van der Waals surface area contributed by atoms with Crippen molar-refractivity contribution in [1.82, 2.24) is 9.97 Å². The smallest absolute Gasteiger partial charge is 0.116 e. The first kappa shape index (κ1) is 7.60. The minimum absolute atomic E-state index is 0.699. The van der Waals surface area contributed by atoms with E-state index in [1.165, 1.54) is 6.33 Å². The number of hydrogen-bond donors (Lipinski definition) is 1. The Morgan fingerprint density at radius 3 is 3.08 bits per heavy atom. The van der Waals surface area contributed by atoms with E-state index in [1.807, 2.05) is 12.1 Å². The Labute approximate surface area is 74.3 Å². The Balaban J connectivity index is 2.62. The lowest BCUT2D eigenvalue weighted by Crippen LogP contribution is -1.80. The number of rotatable bonds is 1. The quantitative estimate of drug-likeness (QED) is 0.404. The second-order valence-electron chi connectivity index (χ2n) is 2.48. The van der Waals surface area contributed by atoms with Gasteiger partial charge in [-0.25, -0.2) is 9.97 Å². The molecule has 0 spiro atoms. The molecule has 2 N–H and O–H groups in total. The maximum absolute atomic E-state index is 4.93. The van der Waals surface area contributed by atoms with Crippen LogP contribution in [0.1, 0.15) is 0 Å². The Morgan fingerprint density at radius 2 is 2.23 bits per heavy atom. The van der Waals surface area contributed by atoms with Crippen LogP contribution in [-0.4, -0.2) is 9.97 Å². The SMILES string of the molecule is NN=Nc1ccc2ncncc2c1. The molecule has 1 heterocycles. The van der Waals surface area contributed by atoms with Gasteiger partial charge >= 0.3 is 0 Å². The van der Waals surface area contributed by atoms with Crippen molar-refractivity contribution in [1.29, 1.82) is 0 Å². The summed E-state index contributed by atoms with van der Waals surface area (Å²) in [5.74, 6) is 4.93. The summed E-state index contributed by atoms with van der Waals surface area (Å²) >= 11 is 0. The lowest BCUT2D eigenvalue weighted by molar-refractivity contribution is 1.06. The van der Waals surface area contributed by atoms with Crippen LogP contribution in [0.5, 0.6) is 0 Å². The molecule has 0 aliphatic carbocycles. The van der Waals surface area contributed by atoms with Gasteiger partial charge in [0.1, 0.15) is 6.33 Å². The van der Waals surface area contributed by atoms with Crippen molar-refractivity contribution in [3.05, 3.63) is 30.7 Å². The summed E-state index contributed by atoms with van der Waals surface area (Å²) in [4.78, 5) is 7.97. The molecule has 0 atom stereocenters. The van der Waals surface area contributed by atoms with Crippen molar-refractivity contribution in [3.8, 4) is 0 Å². The summed E-state index contributed by atoms with van der Waals surface area (Å²) in [5, 5.41) is 7.82. The lowest BCUT2D eigenvalue weighted by atomic mass is 10.2. The van der Waals surface area contributed by atoms with Crippen molar-refractivity contribution in [2.45, 2.75) is 0 Å². The summed E-state index contributed by atoms with van der Waals surface area (Å²) in [6.45, 7) is 0. The normalized spacial score (nSPS) is 11.1. The van der Waals surface area contributed by atoms with Crippen LogP contribution in [0.15, 0.2) is 41.1 Å². The second-order valence-corrected chi connectivity index (χ2v) is 2.48. The molecular formula is C8H7N5. The first-order chi connectivity index (χ1) is 6.40. The zero-order chi connectivity index (χ0) is 9.10. The number of nitrogens with zero attached hydrogens (tertiary/aromatic N) is 4. The van der Waals surface area contributed by atoms with Gasteiger partial charge < -0.3 is 5.84 Å². The first-order valence-electron chi connectivity index (χ1n) is 3.71. The third-order valence-corrected chi connectivity index (χ3v) is 1.66. The van der Waals surface area contributed by atoms with Gasteiger partial charge in [0.2, 0.25) is 0 Å². The maximum Gasteiger partial charge on any atom is 0.116 e. The van der Waals surface area contributed by atoms with Crippen LogP contribution >= 0.6 is 0 Å².